The van der Waals surface area contributed by atoms with Gasteiger partial charge in [-0.1, -0.05) is 18.2 Å². The average Bonchev–Trinajstić information content (AvgIpc) is 3.09. The van der Waals surface area contributed by atoms with E-state index in [0.717, 1.165) is 25.1 Å². The van der Waals surface area contributed by atoms with Crippen LogP contribution in [-0.4, -0.2) is 37.0 Å². The molecule has 1 aromatic carbocycles. The Morgan fingerprint density at radius 3 is 2.71 bits per heavy atom. The summed E-state index contributed by atoms with van der Waals surface area (Å²) in [6.07, 6.45) is 2.31. The van der Waals surface area contributed by atoms with Gasteiger partial charge in [-0.15, -0.1) is 12.4 Å². The van der Waals surface area contributed by atoms with Gasteiger partial charge in [0.25, 0.3) is 0 Å². The van der Waals surface area contributed by atoms with Crippen molar-refractivity contribution in [3.8, 4) is 0 Å². The van der Waals surface area contributed by atoms with Gasteiger partial charge < -0.3 is 15.5 Å². The predicted octanol–water partition coefficient (Wildman–Crippen LogP) is 1.08. The summed E-state index contributed by atoms with van der Waals surface area (Å²) < 4.78 is 0. The molecule has 5 nitrogen and oxygen atoms in total. The van der Waals surface area contributed by atoms with Gasteiger partial charge in [-0.3, -0.25) is 9.59 Å². The normalized spacial score (nSPS) is 24.8. The van der Waals surface area contributed by atoms with Crippen molar-refractivity contribution in [2.75, 3.05) is 18.0 Å². The Kier molecular flexibility index (Phi) is 5.20. The minimum Gasteiger partial charge on any atom is -0.350 e. The first-order valence-electron chi connectivity index (χ1n) is 7.13. The van der Waals surface area contributed by atoms with E-state index in [9.17, 15) is 9.59 Å². The van der Waals surface area contributed by atoms with Crippen LogP contribution in [0.4, 0.5) is 5.69 Å². The zero-order valence-electron chi connectivity index (χ0n) is 11.7. The summed E-state index contributed by atoms with van der Waals surface area (Å²) >= 11 is 0. The molecule has 6 heteroatoms. The third-order valence-corrected chi connectivity index (χ3v) is 3.92. The van der Waals surface area contributed by atoms with Crippen molar-refractivity contribution >= 4 is 29.9 Å². The minimum atomic E-state index is -0.0872. The van der Waals surface area contributed by atoms with Gasteiger partial charge >= 0.3 is 0 Å². The van der Waals surface area contributed by atoms with Crippen molar-refractivity contribution in [3.05, 3.63) is 30.3 Å². The maximum atomic E-state index is 12.0. The first kappa shape index (κ1) is 15.8. The molecule has 2 atom stereocenters. The number of carbonyl (C=O) groups excluding carboxylic acids is 2. The van der Waals surface area contributed by atoms with Crippen LogP contribution < -0.4 is 15.5 Å². The smallest absolute Gasteiger partial charge is 0.237 e. The minimum absolute atomic E-state index is 0. The third-order valence-electron chi connectivity index (χ3n) is 3.92. The number of amides is 2. The van der Waals surface area contributed by atoms with Gasteiger partial charge in [-0.05, 0) is 31.5 Å². The summed E-state index contributed by atoms with van der Waals surface area (Å²) in [7, 11) is 0. The topological polar surface area (TPSA) is 61.4 Å². The highest BCUT2D eigenvalue weighted by molar-refractivity contribution is 5.97. The molecule has 21 heavy (non-hydrogen) atoms. The van der Waals surface area contributed by atoms with E-state index >= 15 is 0 Å². The van der Waals surface area contributed by atoms with Crippen LogP contribution in [0.15, 0.2) is 30.3 Å². The number of rotatable bonds is 3. The van der Waals surface area contributed by atoms with Crippen LogP contribution in [-0.2, 0) is 9.59 Å². The Labute approximate surface area is 130 Å². The Morgan fingerprint density at radius 1 is 1.29 bits per heavy atom. The van der Waals surface area contributed by atoms with Crippen molar-refractivity contribution < 1.29 is 9.59 Å². The molecule has 2 saturated heterocycles. The molecule has 2 aliphatic rings. The predicted molar refractivity (Wildman–Crippen MR) is 83.6 cm³/mol. The van der Waals surface area contributed by atoms with E-state index in [1.165, 1.54) is 0 Å². The summed E-state index contributed by atoms with van der Waals surface area (Å²) in [6.45, 7) is 1.46. The van der Waals surface area contributed by atoms with Gasteiger partial charge in [-0.25, -0.2) is 0 Å². The standard InChI is InChI=1S/C15H19N3O2.ClH/c19-14-9-11(17-15(20)13-7-4-8-16-13)10-18(14)12-5-2-1-3-6-12;/h1-3,5-6,11,13,16H,4,7-10H2,(H,17,20);1H. The molecule has 0 saturated carbocycles. The van der Waals surface area contributed by atoms with E-state index in [4.69, 9.17) is 0 Å². The molecule has 0 aliphatic carbocycles. The number of carbonyl (C=O) groups is 2. The largest absolute Gasteiger partial charge is 0.350 e. The van der Waals surface area contributed by atoms with Crippen LogP contribution in [0.2, 0.25) is 0 Å². The average molecular weight is 310 g/mol. The van der Waals surface area contributed by atoms with E-state index in [1.807, 2.05) is 30.3 Å². The number of halogens is 1. The monoisotopic (exact) mass is 309 g/mol. The number of nitrogens with zero attached hydrogens (tertiary/aromatic N) is 1. The van der Waals surface area contributed by atoms with Gasteiger partial charge in [0.15, 0.2) is 0 Å². The molecular weight excluding hydrogens is 290 g/mol. The highest BCUT2D eigenvalue weighted by Gasteiger charge is 2.33. The third kappa shape index (κ3) is 3.54. The Balaban J connectivity index is 0.00000161. The Morgan fingerprint density at radius 2 is 2.05 bits per heavy atom. The Hall–Kier alpha value is -1.59. The lowest BCUT2D eigenvalue weighted by Crippen LogP contribution is -2.46. The molecule has 0 bridgehead atoms. The van der Waals surface area contributed by atoms with Crippen LogP contribution in [0, 0.1) is 0 Å². The molecular formula is C15H20ClN3O2. The fourth-order valence-electron chi connectivity index (χ4n) is 2.87. The zero-order valence-corrected chi connectivity index (χ0v) is 12.6. The summed E-state index contributed by atoms with van der Waals surface area (Å²) in [5.74, 6) is 0.0936. The molecule has 2 unspecified atom stereocenters. The molecule has 2 amide bonds. The first-order valence-corrected chi connectivity index (χ1v) is 7.13. The van der Waals surface area contributed by atoms with Crippen molar-refractivity contribution in [3.63, 3.8) is 0 Å². The molecule has 2 aliphatic heterocycles. The summed E-state index contributed by atoms with van der Waals surface area (Å²) in [4.78, 5) is 25.8. The van der Waals surface area contributed by atoms with Gasteiger partial charge in [0.1, 0.15) is 0 Å². The fourth-order valence-corrected chi connectivity index (χ4v) is 2.87. The first-order chi connectivity index (χ1) is 9.74. The van der Waals surface area contributed by atoms with Gasteiger partial charge in [0.2, 0.25) is 11.8 Å². The van der Waals surface area contributed by atoms with E-state index in [0.29, 0.717) is 13.0 Å². The van der Waals surface area contributed by atoms with E-state index in [2.05, 4.69) is 10.6 Å². The molecule has 0 aromatic heterocycles. The van der Waals surface area contributed by atoms with Gasteiger partial charge in [0, 0.05) is 18.7 Å². The van der Waals surface area contributed by atoms with E-state index in [1.54, 1.807) is 4.90 Å². The van der Waals surface area contributed by atoms with Crippen LogP contribution in [0.3, 0.4) is 0 Å². The number of para-hydroxylation sites is 1. The van der Waals surface area contributed by atoms with Gasteiger partial charge in [-0.2, -0.15) is 0 Å². The van der Waals surface area contributed by atoms with Crippen LogP contribution in [0.5, 0.6) is 0 Å². The van der Waals surface area contributed by atoms with E-state index in [-0.39, 0.29) is 36.3 Å². The molecule has 2 heterocycles. The lowest BCUT2D eigenvalue weighted by molar-refractivity contribution is -0.123. The summed E-state index contributed by atoms with van der Waals surface area (Å²) in [5.41, 5.74) is 0.897. The number of nitrogens with one attached hydrogen (secondary N) is 2. The second-order valence-electron chi connectivity index (χ2n) is 5.40. The second-order valence-corrected chi connectivity index (χ2v) is 5.40. The van der Waals surface area contributed by atoms with E-state index < -0.39 is 0 Å². The summed E-state index contributed by atoms with van der Waals surface area (Å²) in [5, 5.41) is 6.16. The van der Waals surface area contributed by atoms with Crippen LogP contribution in [0.25, 0.3) is 0 Å². The van der Waals surface area contributed by atoms with Crippen molar-refractivity contribution in [1.82, 2.24) is 10.6 Å². The number of hydrogen-bond donors (Lipinski definition) is 2. The number of anilines is 1. The van der Waals surface area contributed by atoms with Crippen molar-refractivity contribution in [2.24, 2.45) is 0 Å². The molecule has 0 radical (unpaired) electrons. The molecule has 3 rings (SSSR count). The zero-order chi connectivity index (χ0) is 13.9. The lowest BCUT2D eigenvalue weighted by atomic mass is 10.2. The molecule has 2 fully saturated rings. The highest BCUT2D eigenvalue weighted by Crippen LogP contribution is 2.21. The SMILES string of the molecule is Cl.O=C(NC1CC(=O)N(c2ccccc2)C1)C1CCCN1. The van der Waals surface area contributed by atoms with Crippen LogP contribution >= 0.6 is 12.4 Å². The summed E-state index contributed by atoms with van der Waals surface area (Å²) in [6, 6.07) is 9.41. The Bertz CT molecular complexity index is 503. The second kappa shape index (κ2) is 6.91. The number of hydrogen-bond acceptors (Lipinski definition) is 3. The molecule has 0 spiro atoms. The van der Waals surface area contributed by atoms with Crippen LogP contribution in [0.1, 0.15) is 19.3 Å². The quantitative estimate of drug-likeness (QED) is 0.878. The molecule has 1 aromatic rings. The lowest BCUT2D eigenvalue weighted by Gasteiger charge is -2.18. The van der Waals surface area contributed by atoms with Gasteiger partial charge in [0.05, 0.1) is 12.1 Å². The number of benzene rings is 1. The highest BCUT2D eigenvalue weighted by atomic mass is 35.5. The molecule has 114 valence electrons. The van der Waals surface area contributed by atoms with Crippen molar-refractivity contribution in [1.29, 1.82) is 0 Å². The molecule has 2 N–H and O–H groups in total. The fraction of sp³-hybridized carbons (Fsp3) is 0.467. The maximum Gasteiger partial charge on any atom is 0.237 e. The maximum absolute atomic E-state index is 12.0. The van der Waals surface area contributed by atoms with Crippen molar-refractivity contribution in [2.45, 2.75) is 31.3 Å².